The molecule has 0 saturated heterocycles. The Kier molecular flexibility index (Phi) is 6.85. The van der Waals surface area contributed by atoms with E-state index in [0.717, 1.165) is 29.8 Å². The molecule has 6 nitrogen and oxygen atoms in total. The van der Waals surface area contributed by atoms with Crippen LogP contribution in [0.15, 0.2) is 72.8 Å². The van der Waals surface area contributed by atoms with Gasteiger partial charge >= 0.3 is 0 Å². The molecule has 0 spiro atoms. The predicted molar refractivity (Wildman–Crippen MR) is 142 cm³/mol. The Morgan fingerprint density at radius 2 is 1.72 bits per heavy atom. The number of allylic oxidation sites excluding steroid dienone is 2. The van der Waals surface area contributed by atoms with E-state index in [1.165, 1.54) is 11.1 Å². The van der Waals surface area contributed by atoms with Crippen LogP contribution in [0.3, 0.4) is 0 Å². The van der Waals surface area contributed by atoms with Crippen LogP contribution < -0.4 is 24.8 Å². The van der Waals surface area contributed by atoms with E-state index in [4.69, 9.17) is 14.2 Å². The summed E-state index contributed by atoms with van der Waals surface area (Å²) >= 11 is 0. The largest absolute Gasteiger partial charge is 0.493 e. The maximum absolute atomic E-state index is 12.6. The van der Waals surface area contributed by atoms with Crippen LogP contribution >= 0.6 is 0 Å². The van der Waals surface area contributed by atoms with Gasteiger partial charge in [-0.15, -0.1) is 0 Å². The van der Waals surface area contributed by atoms with E-state index in [9.17, 15) is 4.79 Å². The molecule has 3 atom stereocenters. The van der Waals surface area contributed by atoms with Crippen molar-refractivity contribution < 1.29 is 19.0 Å². The fourth-order valence-electron chi connectivity index (χ4n) is 5.41. The summed E-state index contributed by atoms with van der Waals surface area (Å²) in [4.78, 5) is 12.6. The summed E-state index contributed by atoms with van der Waals surface area (Å²) in [6.45, 7) is 0. The lowest BCUT2D eigenvalue weighted by Crippen LogP contribution is -2.29. The molecule has 1 heterocycles. The third kappa shape index (κ3) is 4.63. The van der Waals surface area contributed by atoms with Gasteiger partial charge in [0.2, 0.25) is 11.7 Å². The van der Waals surface area contributed by atoms with Crippen LogP contribution in [-0.4, -0.2) is 27.2 Å². The van der Waals surface area contributed by atoms with Crippen molar-refractivity contribution in [3.63, 3.8) is 0 Å². The molecule has 36 heavy (non-hydrogen) atoms. The van der Waals surface area contributed by atoms with E-state index in [1.807, 2.05) is 36.4 Å². The third-order valence-corrected chi connectivity index (χ3v) is 7.18. The zero-order valence-corrected chi connectivity index (χ0v) is 20.9. The van der Waals surface area contributed by atoms with Crippen molar-refractivity contribution in [1.29, 1.82) is 0 Å². The molecule has 186 valence electrons. The van der Waals surface area contributed by atoms with E-state index in [-0.39, 0.29) is 17.9 Å². The Labute approximate surface area is 212 Å². The zero-order chi connectivity index (χ0) is 25.1. The molecule has 2 N–H and O–H groups in total. The van der Waals surface area contributed by atoms with Crippen LogP contribution in [0.2, 0.25) is 0 Å². The highest BCUT2D eigenvalue weighted by molar-refractivity contribution is 5.91. The molecule has 0 aromatic heterocycles. The molecular formula is C30H32N2O4. The lowest BCUT2D eigenvalue weighted by atomic mass is 9.77. The Morgan fingerprint density at radius 1 is 0.972 bits per heavy atom. The number of aryl methyl sites for hydroxylation is 1. The average molecular weight is 485 g/mol. The highest BCUT2D eigenvalue weighted by Gasteiger charge is 2.38. The number of hydrogen-bond donors (Lipinski definition) is 2. The monoisotopic (exact) mass is 484 g/mol. The molecule has 0 saturated carbocycles. The predicted octanol–water partition coefficient (Wildman–Crippen LogP) is 6.11. The minimum atomic E-state index is 0.0244. The number of fused-ring (bicyclic) bond motifs is 3. The molecule has 2 aliphatic rings. The van der Waals surface area contributed by atoms with Crippen LogP contribution in [0.25, 0.3) is 0 Å². The minimum Gasteiger partial charge on any atom is -0.493 e. The number of carbonyl (C=O) groups excluding carboxylic acids is 1. The fraction of sp³-hybridized carbons (Fsp3) is 0.300. The van der Waals surface area contributed by atoms with Gasteiger partial charge in [-0.25, -0.2) is 0 Å². The number of rotatable bonds is 8. The van der Waals surface area contributed by atoms with Gasteiger partial charge in [0.1, 0.15) is 0 Å². The van der Waals surface area contributed by atoms with Crippen LogP contribution in [-0.2, 0) is 11.2 Å². The van der Waals surface area contributed by atoms with Gasteiger partial charge in [0, 0.05) is 23.7 Å². The van der Waals surface area contributed by atoms with E-state index in [0.29, 0.717) is 29.6 Å². The first-order valence-electron chi connectivity index (χ1n) is 12.3. The van der Waals surface area contributed by atoms with E-state index < -0.39 is 0 Å². The molecule has 3 unspecified atom stereocenters. The van der Waals surface area contributed by atoms with Crippen molar-refractivity contribution in [1.82, 2.24) is 0 Å². The molecule has 0 fully saturated rings. The first-order chi connectivity index (χ1) is 17.6. The Bertz CT molecular complexity index is 1250. The van der Waals surface area contributed by atoms with Crippen molar-refractivity contribution >= 4 is 17.3 Å². The summed E-state index contributed by atoms with van der Waals surface area (Å²) in [6, 6.07) is 20.4. The number of benzene rings is 3. The molecule has 0 bridgehead atoms. The van der Waals surface area contributed by atoms with Gasteiger partial charge in [-0.05, 0) is 65.8 Å². The van der Waals surface area contributed by atoms with Gasteiger partial charge < -0.3 is 24.8 Å². The second-order valence-electron chi connectivity index (χ2n) is 9.27. The quantitative estimate of drug-likeness (QED) is 0.378. The van der Waals surface area contributed by atoms with Gasteiger partial charge in [-0.1, -0.05) is 42.5 Å². The number of amides is 1. The molecule has 5 rings (SSSR count). The fourth-order valence-corrected chi connectivity index (χ4v) is 5.41. The van der Waals surface area contributed by atoms with Crippen LogP contribution in [0.5, 0.6) is 17.2 Å². The normalized spacial score (nSPS) is 19.6. The summed E-state index contributed by atoms with van der Waals surface area (Å²) in [7, 11) is 4.89. The van der Waals surface area contributed by atoms with Gasteiger partial charge in [0.25, 0.3) is 0 Å². The van der Waals surface area contributed by atoms with E-state index >= 15 is 0 Å². The van der Waals surface area contributed by atoms with Crippen molar-refractivity contribution in [2.24, 2.45) is 5.92 Å². The molecule has 0 radical (unpaired) electrons. The number of nitrogens with one attached hydrogen (secondary N) is 2. The summed E-state index contributed by atoms with van der Waals surface area (Å²) in [5.41, 5.74) is 5.37. The molecule has 1 aliphatic heterocycles. The first kappa shape index (κ1) is 23.8. The minimum absolute atomic E-state index is 0.0244. The van der Waals surface area contributed by atoms with Gasteiger partial charge in [0.05, 0.1) is 27.4 Å². The van der Waals surface area contributed by atoms with E-state index in [1.54, 1.807) is 21.3 Å². The topological polar surface area (TPSA) is 68.8 Å². The smallest absolute Gasteiger partial charge is 0.224 e. The molecule has 6 heteroatoms. The first-order valence-corrected chi connectivity index (χ1v) is 12.3. The molecule has 1 aliphatic carbocycles. The van der Waals surface area contributed by atoms with E-state index in [2.05, 4.69) is 47.1 Å². The highest BCUT2D eigenvalue weighted by Crippen LogP contribution is 2.52. The number of hydrogen-bond acceptors (Lipinski definition) is 5. The molecular weight excluding hydrogens is 452 g/mol. The second kappa shape index (κ2) is 10.4. The van der Waals surface area contributed by atoms with Gasteiger partial charge in [-0.3, -0.25) is 4.79 Å². The van der Waals surface area contributed by atoms with Crippen LogP contribution in [0.1, 0.15) is 41.5 Å². The maximum atomic E-state index is 12.6. The third-order valence-electron chi connectivity index (χ3n) is 7.18. The van der Waals surface area contributed by atoms with Crippen molar-refractivity contribution in [2.75, 3.05) is 32.0 Å². The molecule has 3 aromatic carbocycles. The van der Waals surface area contributed by atoms with Crippen LogP contribution in [0.4, 0.5) is 11.4 Å². The van der Waals surface area contributed by atoms with Gasteiger partial charge in [-0.2, -0.15) is 0 Å². The number of anilines is 2. The standard InChI is InChI=1S/C30H32N2O4/c1-34-26-16-20(17-27(35-2)30(26)36-3)29-23-11-7-10-22(23)24-18-21(13-14-25(24)32-29)31-28(33)15-12-19-8-5-4-6-9-19/h4-10,13-14,16-18,22-23,29,32H,11-12,15H2,1-3H3,(H,31,33). The van der Waals surface area contributed by atoms with Crippen molar-refractivity contribution in [2.45, 2.75) is 31.2 Å². The lowest BCUT2D eigenvalue weighted by molar-refractivity contribution is -0.116. The summed E-state index contributed by atoms with van der Waals surface area (Å²) < 4.78 is 16.7. The molecule has 1 amide bonds. The number of methoxy groups -OCH3 is 3. The van der Waals surface area contributed by atoms with Crippen molar-refractivity contribution in [3.05, 3.63) is 89.5 Å². The summed E-state index contributed by atoms with van der Waals surface area (Å²) in [6.07, 6.45) is 6.68. The number of carbonyl (C=O) groups is 1. The average Bonchev–Trinajstić information content (AvgIpc) is 3.42. The Hall–Kier alpha value is -3.93. The Morgan fingerprint density at radius 3 is 2.42 bits per heavy atom. The Balaban J connectivity index is 1.37. The maximum Gasteiger partial charge on any atom is 0.224 e. The summed E-state index contributed by atoms with van der Waals surface area (Å²) in [5.74, 6) is 2.51. The number of ether oxygens (including phenoxy) is 3. The van der Waals surface area contributed by atoms with Crippen molar-refractivity contribution in [3.8, 4) is 17.2 Å². The lowest BCUT2D eigenvalue weighted by Gasteiger charge is -2.38. The zero-order valence-electron chi connectivity index (χ0n) is 20.9. The van der Waals surface area contributed by atoms with Crippen LogP contribution in [0, 0.1) is 5.92 Å². The molecule has 3 aromatic rings. The van der Waals surface area contributed by atoms with Gasteiger partial charge in [0.15, 0.2) is 11.5 Å². The highest BCUT2D eigenvalue weighted by atomic mass is 16.5. The summed E-state index contributed by atoms with van der Waals surface area (Å²) in [5, 5.41) is 6.84. The SMILES string of the molecule is COc1cc(C2Nc3ccc(NC(=O)CCc4ccccc4)cc3C3C=CCC32)cc(OC)c1OC. The second-order valence-corrected chi connectivity index (χ2v) is 9.27.